The van der Waals surface area contributed by atoms with E-state index >= 15 is 0 Å². The number of aliphatic hydroxyl groups is 2. The van der Waals surface area contributed by atoms with Crippen molar-refractivity contribution in [3.63, 3.8) is 0 Å². The monoisotopic (exact) mass is 423 g/mol. The number of aromatic nitrogens is 4. The van der Waals surface area contributed by atoms with Crippen molar-refractivity contribution in [2.45, 2.75) is 37.0 Å². The van der Waals surface area contributed by atoms with Gasteiger partial charge in [-0.15, -0.1) is 6.42 Å². The van der Waals surface area contributed by atoms with Crippen LogP contribution >= 0.6 is 0 Å². The molecule has 12 heteroatoms. The number of carbonyl (C=O) groups is 1. The van der Waals surface area contributed by atoms with E-state index in [9.17, 15) is 15.0 Å². The summed E-state index contributed by atoms with van der Waals surface area (Å²) in [6, 6.07) is -0.974. The number of aliphatic carboxylic acids is 1. The van der Waals surface area contributed by atoms with Crippen LogP contribution in [0.25, 0.3) is 11.2 Å². The van der Waals surface area contributed by atoms with Crippen LogP contribution in [0.1, 0.15) is 12.6 Å². The Kier molecular flexibility index (Phi) is 6.56. The highest BCUT2D eigenvalue weighted by Crippen LogP contribution is 2.32. The quantitative estimate of drug-likeness (QED) is 0.237. The van der Waals surface area contributed by atoms with Crippen molar-refractivity contribution in [2.75, 3.05) is 23.0 Å². The van der Waals surface area contributed by atoms with Crippen LogP contribution in [0.15, 0.2) is 12.7 Å². The van der Waals surface area contributed by atoms with Crippen LogP contribution in [-0.4, -0.2) is 82.4 Å². The van der Waals surface area contributed by atoms with Gasteiger partial charge in [-0.25, -0.2) is 15.0 Å². The third kappa shape index (κ3) is 4.44. The van der Waals surface area contributed by atoms with Gasteiger partial charge in [0.15, 0.2) is 23.4 Å². The first-order valence-electron chi connectivity index (χ1n) is 8.84. The molecule has 0 bridgehead atoms. The molecule has 0 radical (unpaired) electrons. The lowest BCUT2D eigenvalue weighted by Crippen LogP contribution is -2.38. The van der Waals surface area contributed by atoms with Crippen molar-refractivity contribution in [3.05, 3.63) is 12.7 Å². The van der Waals surface area contributed by atoms with E-state index in [4.69, 9.17) is 27.7 Å². The van der Waals surface area contributed by atoms with Gasteiger partial charge >= 0.3 is 5.97 Å². The third-order valence-electron chi connectivity index (χ3n) is 4.72. The summed E-state index contributed by atoms with van der Waals surface area (Å²) in [5, 5.41) is 30.0. The minimum atomic E-state index is -1.22. The minimum Gasteiger partial charge on any atom is -0.480 e. The highest BCUT2D eigenvalue weighted by Gasteiger charge is 2.47. The summed E-state index contributed by atoms with van der Waals surface area (Å²) < 4.78 is 7.42. The highest BCUT2D eigenvalue weighted by atomic mass is 32.2. The fraction of sp³-hybridized carbons (Fsp3) is 0.529. The Balaban J connectivity index is 1.73. The van der Waals surface area contributed by atoms with Crippen LogP contribution in [0.3, 0.4) is 0 Å². The Morgan fingerprint density at radius 1 is 1.38 bits per heavy atom. The zero-order valence-electron chi connectivity index (χ0n) is 15.5. The summed E-state index contributed by atoms with van der Waals surface area (Å²) in [5.74, 6) is 2.95. The number of carboxylic acids is 1. The summed E-state index contributed by atoms with van der Waals surface area (Å²) in [6.07, 6.45) is 4.42. The lowest BCUT2D eigenvalue weighted by atomic mass is 10.1. The van der Waals surface area contributed by atoms with Crippen LogP contribution in [0.5, 0.6) is 0 Å². The number of imidazole rings is 1. The highest BCUT2D eigenvalue weighted by molar-refractivity contribution is 7.97. The molecule has 3 heterocycles. The Bertz CT molecular complexity index is 917. The van der Waals surface area contributed by atoms with Crippen LogP contribution in [0, 0.1) is 12.3 Å². The maximum absolute atomic E-state index is 10.9. The van der Waals surface area contributed by atoms with Gasteiger partial charge in [0.05, 0.1) is 6.33 Å². The Morgan fingerprint density at radius 2 is 2.14 bits per heavy atom. The van der Waals surface area contributed by atoms with Crippen LogP contribution in [-0.2, 0) is 20.4 Å². The molecular formula is C17H23N6O5S+. The zero-order chi connectivity index (χ0) is 21.1. The molecule has 7 N–H and O–H groups in total. The van der Waals surface area contributed by atoms with Crippen molar-refractivity contribution in [2.24, 2.45) is 5.73 Å². The van der Waals surface area contributed by atoms with Gasteiger partial charge in [-0.2, -0.15) is 0 Å². The molecule has 2 aromatic heterocycles. The molecule has 1 aliphatic heterocycles. The molecule has 0 saturated carbocycles. The molecular weight excluding hydrogens is 400 g/mol. The van der Waals surface area contributed by atoms with E-state index < -0.39 is 47.4 Å². The second-order valence-electron chi connectivity index (χ2n) is 6.69. The number of nitrogen functional groups attached to an aromatic ring is 1. The number of hydrogen-bond acceptors (Lipinski definition) is 9. The number of aliphatic hydroxyl groups excluding tert-OH is 2. The van der Waals surface area contributed by atoms with E-state index in [0.717, 1.165) is 0 Å². The second kappa shape index (κ2) is 8.93. The second-order valence-corrected chi connectivity index (χ2v) is 8.95. The number of ether oxygens (including phenoxy) is 1. The minimum absolute atomic E-state index is 0.198. The standard InChI is InChI=1S/C17H22N6O5S/c1-2-4-29(5-3-9(18)17(26)27)6-10-12(24)13(25)16(28-10)23-8-22-11-14(19)20-7-21-15(11)23/h1,7-10,12-13,16,24-25H,3-6,18H2,(H2-,19,20,21,26,27)/p+1/t9-,10+,12+,13+,16+,29+/m0/s1. The number of rotatable bonds is 8. The number of nitrogens with two attached hydrogens (primary N) is 2. The predicted molar refractivity (Wildman–Crippen MR) is 107 cm³/mol. The van der Waals surface area contributed by atoms with Crippen LogP contribution in [0.4, 0.5) is 5.82 Å². The van der Waals surface area contributed by atoms with Gasteiger partial charge in [-0.1, -0.05) is 5.92 Å². The van der Waals surface area contributed by atoms with Crippen molar-refractivity contribution >= 4 is 33.8 Å². The molecule has 0 amide bonds. The summed E-state index contributed by atoms with van der Waals surface area (Å²) in [6.45, 7) is 0. The molecule has 156 valence electrons. The van der Waals surface area contributed by atoms with Gasteiger partial charge in [0.1, 0.15) is 47.7 Å². The molecule has 0 aromatic carbocycles. The van der Waals surface area contributed by atoms with E-state index in [2.05, 4.69) is 20.9 Å². The summed E-state index contributed by atoms with van der Waals surface area (Å²) in [4.78, 5) is 23.1. The molecule has 3 rings (SSSR count). The first-order valence-corrected chi connectivity index (χ1v) is 10.6. The van der Waals surface area contributed by atoms with Gasteiger partial charge in [0.2, 0.25) is 0 Å². The van der Waals surface area contributed by atoms with E-state index in [1.807, 2.05) is 0 Å². The predicted octanol–water partition coefficient (Wildman–Crippen LogP) is -1.92. The lowest BCUT2D eigenvalue weighted by molar-refractivity contribution is -0.138. The first kappa shape index (κ1) is 21.3. The fourth-order valence-electron chi connectivity index (χ4n) is 3.13. The molecule has 1 saturated heterocycles. The van der Waals surface area contributed by atoms with Crippen molar-refractivity contribution in [1.82, 2.24) is 19.5 Å². The average Bonchev–Trinajstić information content (AvgIpc) is 3.23. The maximum Gasteiger partial charge on any atom is 0.320 e. The molecule has 1 aliphatic rings. The van der Waals surface area contributed by atoms with Gasteiger partial charge in [0, 0.05) is 17.3 Å². The number of carboxylic acid groups (broad SMARTS) is 1. The zero-order valence-corrected chi connectivity index (χ0v) is 16.3. The average molecular weight is 423 g/mol. The number of terminal acetylenes is 1. The maximum atomic E-state index is 10.9. The Morgan fingerprint density at radius 3 is 2.83 bits per heavy atom. The molecule has 1 fully saturated rings. The van der Waals surface area contributed by atoms with Gasteiger partial charge in [-0.05, 0) is 0 Å². The van der Waals surface area contributed by atoms with Gasteiger partial charge < -0.3 is 31.5 Å². The lowest BCUT2D eigenvalue weighted by Gasteiger charge is -2.16. The van der Waals surface area contributed by atoms with E-state index in [1.54, 1.807) is 0 Å². The van der Waals surface area contributed by atoms with E-state index in [0.29, 0.717) is 28.4 Å². The Hall–Kier alpha value is -2.43. The SMILES string of the molecule is C#CC[S@+](CC[C@H](N)C(=O)O)C[C@H]1O[C@@H](n2cnc3c(N)ncnc32)[C@H](O)[C@@H]1O. The molecule has 29 heavy (non-hydrogen) atoms. The first-order chi connectivity index (χ1) is 13.8. The normalized spacial score (nSPS) is 26.3. The fourth-order valence-corrected chi connectivity index (χ4v) is 5.13. The molecule has 0 spiro atoms. The number of anilines is 1. The number of nitrogens with zero attached hydrogens (tertiary/aromatic N) is 4. The summed E-state index contributed by atoms with van der Waals surface area (Å²) in [7, 11) is -0.426. The largest absolute Gasteiger partial charge is 0.480 e. The topological polar surface area (TPSA) is 183 Å². The molecule has 6 atom stereocenters. The molecule has 11 nitrogen and oxygen atoms in total. The summed E-state index contributed by atoms with van der Waals surface area (Å²) >= 11 is 0. The molecule has 2 aromatic rings. The third-order valence-corrected chi connectivity index (χ3v) is 6.91. The van der Waals surface area contributed by atoms with Crippen LogP contribution in [0.2, 0.25) is 0 Å². The van der Waals surface area contributed by atoms with E-state index in [-0.39, 0.29) is 12.2 Å². The van der Waals surface area contributed by atoms with Crippen molar-refractivity contribution < 1.29 is 24.9 Å². The smallest absolute Gasteiger partial charge is 0.320 e. The van der Waals surface area contributed by atoms with Crippen LogP contribution < -0.4 is 11.5 Å². The van der Waals surface area contributed by atoms with Gasteiger partial charge in [-0.3, -0.25) is 9.36 Å². The number of hydrogen-bond donors (Lipinski definition) is 5. The summed E-state index contributed by atoms with van der Waals surface area (Å²) in [5.41, 5.74) is 12.1. The van der Waals surface area contributed by atoms with Gasteiger partial charge in [0.25, 0.3) is 0 Å². The Labute approximate surface area is 169 Å². The van der Waals surface area contributed by atoms with E-state index in [1.165, 1.54) is 17.2 Å². The van der Waals surface area contributed by atoms with Crippen molar-refractivity contribution in [3.8, 4) is 12.3 Å². The molecule has 0 aliphatic carbocycles. The number of fused-ring (bicyclic) bond motifs is 1. The molecule has 0 unspecified atom stereocenters. The van der Waals surface area contributed by atoms with Crippen molar-refractivity contribution in [1.29, 1.82) is 0 Å².